The van der Waals surface area contributed by atoms with Crippen molar-refractivity contribution >= 4 is 11.9 Å². The van der Waals surface area contributed by atoms with Crippen LogP contribution in [0.2, 0.25) is 0 Å². The molecule has 0 aromatic carbocycles. The van der Waals surface area contributed by atoms with Crippen LogP contribution < -0.4 is 5.32 Å². The largest absolute Gasteiger partial charge is 0.327 e. The van der Waals surface area contributed by atoms with Gasteiger partial charge in [-0.15, -0.1) is 0 Å². The Kier molecular flexibility index (Phi) is 2.65. The molecule has 3 amide bonds. The highest BCUT2D eigenvalue weighted by atomic mass is 16.2. The van der Waals surface area contributed by atoms with E-state index in [0.717, 1.165) is 25.9 Å². The first-order valence-corrected chi connectivity index (χ1v) is 5.43. The number of carbonyl (C=O) groups excluding carboxylic acids is 2. The molecular weight excluding hydrogens is 194 g/mol. The molecule has 0 bridgehead atoms. The third-order valence-electron chi connectivity index (χ3n) is 3.32. The van der Waals surface area contributed by atoms with E-state index in [4.69, 9.17) is 0 Å². The molecule has 0 aromatic heterocycles. The zero-order valence-corrected chi connectivity index (χ0v) is 9.19. The molecule has 2 heterocycles. The van der Waals surface area contributed by atoms with Crippen LogP contribution >= 0.6 is 0 Å². The summed E-state index contributed by atoms with van der Waals surface area (Å²) in [4.78, 5) is 26.6. The van der Waals surface area contributed by atoms with Gasteiger partial charge in [-0.05, 0) is 26.3 Å². The predicted octanol–water partition coefficient (Wildman–Crippen LogP) is 0.0209. The van der Waals surface area contributed by atoms with Gasteiger partial charge < -0.3 is 10.2 Å². The number of carbonyl (C=O) groups is 2. The Morgan fingerprint density at radius 3 is 2.60 bits per heavy atom. The van der Waals surface area contributed by atoms with Crippen LogP contribution in [0.1, 0.15) is 19.8 Å². The van der Waals surface area contributed by atoms with Crippen LogP contribution in [0.3, 0.4) is 0 Å². The molecule has 5 nitrogen and oxygen atoms in total. The van der Waals surface area contributed by atoms with Crippen molar-refractivity contribution in [1.82, 2.24) is 15.1 Å². The summed E-state index contributed by atoms with van der Waals surface area (Å²) in [5.41, 5.74) is 0. The molecule has 2 rings (SSSR count). The standard InChI is InChI=1S/C10H17N3O2/c1-7-9(14)13(10(15)12(7)2)8-4-3-5-11-6-8/h7-8,11H,3-6H2,1-2H3. The molecule has 0 spiro atoms. The van der Waals surface area contributed by atoms with Gasteiger partial charge in [-0.1, -0.05) is 0 Å². The van der Waals surface area contributed by atoms with Gasteiger partial charge in [0.2, 0.25) is 0 Å². The fourth-order valence-corrected chi connectivity index (χ4v) is 2.19. The minimum absolute atomic E-state index is 0.0474. The van der Waals surface area contributed by atoms with Crippen molar-refractivity contribution < 1.29 is 9.59 Å². The highest BCUT2D eigenvalue weighted by Crippen LogP contribution is 2.21. The number of hydrogen-bond acceptors (Lipinski definition) is 3. The summed E-state index contributed by atoms with van der Waals surface area (Å²) in [5, 5.41) is 3.22. The summed E-state index contributed by atoms with van der Waals surface area (Å²) in [5.74, 6) is -0.0591. The van der Waals surface area contributed by atoms with E-state index in [0.29, 0.717) is 0 Å². The number of hydrogen-bond donors (Lipinski definition) is 1. The Morgan fingerprint density at radius 1 is 1.40 bits per heavy atom. The Morgan fingerprint density at radius 2 is 2.13 bits per heavy atom. The lowest BCUT2D eigenvalue weighted by atomic mass is 10.1. The maximum atomic E-state index is 11.9. The summed E-state index contributed by atoms with van der Waals surface area (Å²) >= 11 is 0. The quantitative estimate of drug-likeness (QED) is 0.622. The molecule has 2 aliphatic heterocycles. The first-order chi connectivity index (χ1) is 7.13. The van der Waals surface area contributed by atoms with Gasteiger partial charge in [0.05, 0.1) is 6.04 Å². The lowest BCUT2D eigenvalue weighted by Crippen LogP contribution is -2.49. The summed E-state index contributed by atoms with van der Waals surface area (Å²) in [7, 11) is 1.68. The Balaban J connectivity index is 2.14. The van der Waals surface area contributed by atoms with Gasteiger partial charge in [-0.3, -0.25) is 9.69 Å². The van der Waals surface area contributed by atoms with Gasteiger partial charge >= 0.3 is 6.03 Å². The summed E-state index contributed by atoms with van der Waals surface area (Å²) in [6.07, 6.45) is 1.95. The van der Waals surface area contributed by atoms with Crippen molar-refractivity contribution in [2.24, 2.45) is 0 Å². The highest BCUT2D eigenvalue weighted by Gasteiger charge is 2.43. The number of rotatable bonds is 1. The Hall–Kier alpha value is -1.10. The third kappa shape index (κ3) is 1.61. The molecule has 0 aromatic rings. The van der Waals surface area contributed by atoms with Crippen LogP contribution in [-0.2, 0) is 4.79 Å². The SMILES string of the molecule is CC1C(=O)N(C2CCCNC2)C(=O)N1C. The van der Waals surface area contributed by atoms with Gasteiger partial charge in [0, 0.05) is 13.6 Å². The summed E-state index contributed by atoms with van der Waals surface area (Å²) < 4.78 is 0. The first-order valence-electron chi connectivity index (χ1n) is 5.43. The van der Waals surface area contributed by atoms with E-state index in [1.54, 1.807) is 14.0 Å². The zero-order valence-electron chi connectivity index (χ0n) is 9.19. The molecule has 0 radical (unpaired) electrons. The second kappa shape index (κ2) is 3.81. The van der Waals surface area contributed by atoms with Crippen molar-refractivity contribution in [1.29, 1.82) is 0 Å². The molecular formula is C10H17N3O2. The van der Waals surface area contributed by atoms with Gasteiger partial charge in [-0.2, -0.15) is 0 Å². The average molecular weight is 211 g/mol. The summed E-state index contributed by atoms with van der Waals surface area (Å²) in [6, 6.07) is -0.410. The molecule has 2 saturated heterocycles. The van der Waals surface area contributed by atoms with Crippen molar-refractivity contribution in [2.75, 3.05) is 20.1 Å². The number of nitrogens with one attached hydrogen (secondary N) is 1. The average Bonchev–Trinajstić information content (AvgIpc) is 2.45. The van der Waals surface area contributed by atoms with Crippen LogP contribution in [0.15, 0.2) is 0 Å². The van der Waals surface area contributed by atoms with Crippen molar-refractivity contribution in [3.05, 3.63) is 0 Å². The molecule has 2 atom stereocenters. The van der Waals surface area contributed by atoms with Crippen LogP contribution in [0, 0.1) is 0 Å². The summed E-state index contributed by atoms with van der Waals surface area (Å²) in [6.45, 7) is 3.49. The number of likely N-dealkylation sites (N-methyl/N-ethyl adjacent to an activating group) is 1. The molecule has 2 fully saturated rings. The zero-order chi connectivity index (χ0) is 11.0. The predicted molar refractivity (Wildman–Crippen MR) is 55.4 cm³/mol. The number of piperidine rings is 1. The molecule has 2 aliphatic rings. The fraction of sp³-hybridized carbons (Fsp3) is 0.800. The topological polar surface area (TPSA) is 52.7 Å². The second-order valence-corrected chi connectivity index (χ2v) is 4.28. The monoisotopic (exact) mass is 211 g/mol. The molecule has 0 saturated carbocycles. The van der Waals surface area contributed by atoms with Crippen molar-refractivity contribution in [3.63, 3.8) is 0 Å². The van der Waals surface area contributed by atoms with Crippen LogP contribution in [0.25, 0.3) is 0 Å². The number of urea groups is 1. The second-order valence-electron chi connectivity index (χ2n) is 4.28. The Labute approximate surface area is 89.4 Å². The maximum Gasteiger partial charge on any atom is 0.327 e. The molecule has 15 heavy (non-hydrogen) atoms. The number of amides is 3. The van der Waals surface area contributed by atoms with E-state index in [1.807, 2.05) is 0 Å². The van der Waals surface area contributed by atoms with E-state index in [1.165, 1.54) is 9.80 Å². The van der Waals surface area contributed by atoms with Gasteiger partial charge in [0.15, 0.2) is 0 Å². The normalized spacial score (nSPS) is 32.7. The van der Waals surface area contributed by atoms with Gasteiger partial charge in [-0.25, -0.2) is 4.79 Å². The minimum atomic E-state index is -0.306. The molecule has 0 aliphatic carbocycles. The Bertz CT molecular complexity index is 266. The first kappa shape index (κ1) is 10.4. The molecule has 84 valence electrons. The smallest absolute Gasteiger partial charge is 0.316 e. The van der Waals surface area contributed by atoms with Crippen molar-refractivity contribution in [3.8, 4) is 0 Å². The highest BCUT2D eigenvalue weighted by molar-refractivity contribution is 6.04. The molecule has 1 N–H and O–H groups in total. The third-order valence-corrected chi connectivity index (χ3v) is 3.32. The van der Waals surface area contributed by atoms with Crippen LogP contribution in [0.4, 0.5) is 4.79 Å². The van der Waals surface area contributed by atoms with Crippen LogP contribution in [-0.4, -0.2) is 54.0 Å². The van der Waals surface area contributed by atoms with Gasteiger partial charge in [0.25, 0.3) is 5.91 Å². The van der Waals surface area contributed by atoms with E-state index >= 15 is 0 Å². The van der Waals surface area contributed by atoms with E-state index in [9.17, 15) is 9.59 Å². The van der Waals surface area contributed by atoms with Gasteiger partial charge in [0.1, 0.15) is 6.04 Å². The minimum Gasteiger partial charge on any atom is -0.316 e. The number of imide groups is 1. The van der Waals surface area contributed by atoms with Crippen molar-refractivity contribution in [2.45, 2.75) is 31.8 Å². The molecule has 5 heteroatoms. The number of nitrogens with zero attached hydrogens (tertiary/aromatic N) is 2. The molecule has 2 unspecified atom stereocenters. The maximum absolute atomic E-state index is 11.9. The van der Waals surface area contributed by atoms with E-state index in [-0.39, 0.29) is 24.0 Å². The fourth-order valence-electron chi connectivity index (χ4n) is 2.19. The van der Waals surface area contributed by atoms with Crippen LogP contribution in [0.5, 0.6) is 0 Å². The lowest BCUT2D eigenvalue weighted by molar-refractivity contribution is -0.129. The van der Waals surface area contributed by atoms with E-state index < -0.39 is 0 Å². The lowest BCUT2D eigenvalue weighted by Gasteiger charge is -2.29. The van der Waals surface area contributed by atoms with E-state index in [2.05, 4.69) is 5.32 Å².